The maximum absolute atomic E-state index is 13.8. The Hall–Kier alpha value is -4.68. The molecule has 0 fully saturated rings. The van der Waals surface area contributed by atoms with E-state index in [1.807, 2.05) is 0 Å². The number of aromatic amines is 1. The molecule has 0 unspecified atom stereocenters. The normalized spacial score (nSPS) is 11.5. The molecule has 13 heteroatoms. The molecule has 9 nitrogen and oxygen atoms in total. The van der Waals surface area contributed by atoms with E-state index in [1.54, 1.807) is 0 Å². The van der Waals surface area contributed by atoms with E-state index in [0.717, 1.165) is 27.7 Å². The lowest BCUT2D eigenvalue weighted by atomic mass is 10.1. The van der Waals surface area contributed by atoms with Crippen molar-refractivity contribution in [1.29, 1.82) is 0 Å². The van der Waals surface area contributed by atoms with Crippen LogP contribution in [-0.2, 0) is 12.7 Å². The van der Waals surface area contributed by atoms with Crippen LogP contribution in [0, 0.1) is 5.82 Å². The van der Waals surface area contributed by atoms with Gasteiger partial charge in [0.1, 0.15) is 5.82 Å². The molecule has 2 aromatic heterocycles. The topological polar surface area (TPSA) is 134 Å². The van der Waals surface area contributed by atoms with Gasteiger partial charge in [0.15, 0.2) is 0 Å². The van der Waals surface area contributed by atoms with Crippen molar-refractivity contribution in [3.05, 3.63) is 87.9 Å². The van der Waals surface area contributed by atoms with Gasteiger partial charge in [0.2, 0.25) is 5.69 Å². The number of alkyl halides is 3. The highest BCUT2D eigenvalue weighted by Gasteiger charge is 2.35. The number of hydrogen-bond acceptors (Lipinski definition) is 4. The fourth-order valence-electron chi connectivity index (χ4n) is 3.49. The molecule has 0 aliphatic rings. The number of carboxylic acid groups (broad SMARTS) is 1. The average molecular weight is 489 g/mol. The number of H-pyrrole nitrogens is 1. The molecule has 2 aromatic carbocycles. The maximum Gasteiger partial charge on any atom is 0.418 e. The summed E-state index contributed by atoms with van der Waals surface area (Å²) in [6.45, 7) is -0.127. The standard InChI is InChI=1S/C22H15F4N5O4/c23-12-1-3-13(4-2-12)31(21(27)35)10-11-5-6-30(9-11)17-8-16-15(7-14(17)22(24,25)26)29-19(32)18(28-16)20(33)34/h1-9H,10H2,(H2,27,35)(H,29,32)(H,33,34). The first-order chi connectivity index (χ1) is 16.4. The number of amides is 2. The van der Waals surface area contributed by atoms with Gasteiger partial charge in [0.25, 0.3) is 5.56 Å². The first-order valence-electron chi connectivity index (χ1n) is 9.82. The van der Waals surface area contributed by atoms with Crippen molar-refractivity contribution in [3.63, 3.8) is 0 Å². The predicted octanol–water partition coefficient (Wildman–Crippen LogP) is 3.66. The zero-order valence-electron chi connectivity index (χ0n) is 17.5. The molecule has 0 aliphatic carbocycles. The van der Waals surface area contributed by atoms with Gasteiger partial charge in [-0.15, -0.1) is 0 Å². The third kappa shape index (κ3) is 4.69. The zero-order chi connectivity index (χ0) is 25.5. The molecule has 4 aromatic rings. The van der Waals surface area contributed by atoms with Crippen molar-refractivity contribution in [2.75, 3.05) is 4.90 Å². The number of hydrogen-bond donors (Lipinski definition) is 3. The van der Waals surface area contributed by atoms with Gasteiger partial charge in [-0.3, -0.25) is 9.69 Å². The van der Waals surface area contributed by atoms with Crippen LogP contribution in [0.25, 0.3) is 16.7 Å². The van der Waals surface area contributed by atoms with Crippen LogP contribution in [0.15, 0.2) is 59.7 Å². The number of anilines is 1. The van der Waals surface area contributed by atoms with E-state index in [-0.39, 0.29) is 29.0 Å². The molecule has 0 radical (unpaired) electrons. The van der Waals surface area contributed by atoms with Gasteiger partial charge in [-0.2, -0.15) is 13.2 Å². The highest BCUT2D eigenvalue weighted by molar-refractivity contribution is 5.90. The Morgan fingerprint density at radius 2 is 1.83 bits per heavy atom. The highest BCUT2D eigenvalue weighted by atomic mass is 19.4. The number of halogens is 4. The minimum absolute atomic E-state index is 0.127. The predicted molar refractivity (Wildman–Crippen MR) is 116 cm³/mol. The second kappa shape index (κ2) is 8.59. The lowest BCUT2D eigenvalue weighted by molar-refractivity contribution is -0.137. The molecule has 0 atom stereocenters. The monoisotopic (exact) mass is 489 g/mol. The zero-order valence-corrected chi connectivity index (χ0v) is 17.5. The van der Waals surface area contributed by atoms with E-state index >= 15 is 0 Å². The summed E-state index contributed by atoms with van der Waals surface area (Å²) in [6, 6.07) is 7.17. The van der Waals surface area contributed by atoms with E-state index in [0.29, 0.717) is 11.6 Å². The second-order valence-corrected chi connectivity index (χ2v) is 7.43. The van der Waals surface area contributed by atoms with E-state index < -0.39 is 40.8 Å². The second-order valence-electron chi connectivity index (χ2n) is 7.43. The number of nitrogens with zero attached hydrogens (tertiary/aromatic N) is 3. The Morgan fingerprint density at radius 3 is 2.43 bits per heavy atom. The van der Waals surface area contributed by atoms with Gasteiger partial charge in [-0.05, 0) is 48.0 Å². The number of fused-ring (bicyclic) bond motifs is 1. The van der Waals surface area contributed by atoms with E-state index in [9.17, 15) is 31.9 Å². The number of rotatable bonds is 5. The third-order valence-corrected chi connectivity index (χ3v) is 5.09. The highest BCUT2D eigenvalue weighted by Crippen LogP contribution is 2.36. The SMILES string of the molecule is NC(=O)N(Cc1ccn(-c2cc3nc(C(=O)O)c(=O)[nH]c3cc2C(F)(F)F)c1)c1ccc(F)cc1. The van der Waals surface area contributed by atoms with Crippen LogP contribution >= 0.6 is 0 Å². The van der Waals surface area contributed by atoms with Gasteiger partial charge in [-0.1, -0.05) is 0 Å². The maximum atomic E-state index is 13.8. The summed E-state index contributed by atoms with van der Waals surface area (Å²) in [5, 5.41) is 9.11. The molecule has 0 spiro atoms. The molecule has 0 saturated carbocycles. The van der Waals surface area contributed by atoms with Crippen LogP contribution in [0.2, 0.25) is 0 Å². The summed E-state index contributed by atoms with van der Waals surface area (Å²) >= 11 is 0. The summed E-state index contributed by atoms with van der Waals surface area (Å²) in [6.07, 6.45) is -2.21. The fourth-order valence-corrected chi connectivity index (χ4v) is 3.49. The number of primary amides is 1. The summed E-state index contributed by atoms with van der Waals surface area (Å²) in [4.78, 5) is 41.9. The van der Waals surface area contributed by atoms with Gasteiger partial charge in [0, 0.05) is 18.1 Å². The number of benzene rings is 2. The van der Waals surface area contributed by atoms with Crippen LogP contribution < -0.4 is 16.2 Å². The molecule has 2 heterocycles. The smallest absolute Gasteiger partial charge is 0.418 e. The minimum Gasteiger partial charge on any atom is -0.476 e. The lowest BCUT2D eigenvalue weighted by Gasteiger charge is -2.20. The van der Waals surface area contributed by atoms with E-state index in [1.165, 1.54) is 30.6 Å². The van der Waals surface area contributed by atoms with Crippen molar-refractivity contribution < 1.29 is 32.3 Å². The van der Waals surface area contributed by atoms with Crippen molar-refractivity contribution in [1.82, 2.24) is 14.5 Å². The summed E-state index contributed by atoms with van der Waals surface area (Å²) in [5.41, 5.74) is 2.11. The van der Waals surface area contributed by atoms with E-state index in [2.05, 4.69) is 9.97 Å². The number of aromatic nitrogens is 3. The van der Waals surface area contributed by atoms with Crippen molar-refractivity contribution in [3.8, 4) is 5.69 Å². The first kappa shape index (κ1) is 23.5. The summed E-state index contributed by atoms with van der Waals surface area (Å²) in [5.74, 6) is -2.16. The molecule has 4 N–H and O–H groups in total. The number of nitrogens with two attached hydrogens (primary N) is 1. The van der Waals surface area contributed by atoms with Crippen molar-refractivity contribution >= 4 is 28.7 Å². The number of carbonyl (C=O) groups excluding carboxylic acids is 1. The van der Waals surface area contributed by atoms with Gasteiger partial charge in [0.05, 0.1) is 28.8 Å². The Kier molecular flexibility index (Phi) is 5.76. The van der Waals surface area contributed by atoms with Crippen LogP contribution in [0.1, 0.15) is 21.6 Å². The minimum atomic E-state index is -4.83. The molecule has 4 rings (SSSR count). The van der Waals surface area contributed by atoms with Gasteiger partial charge >= 0.3 is 18.2 Å². The Bertz CT molecular complexity index is 1510. The first-order valence-corrected chi connectivity index (χ1v) is 9.82. The molecule has 0 aliphatic heterocycles. The molecule has 0 saturated heterocycles. The lowest BCUT2D eigenvalue weighted by Crippen LogP contribution is -2.35. The number of urea groups is 1. The summed E-state index contributed by atoms with van der Waals surface area (Å²) < 4.78 is 55.8. The largest absolute Gasteiger partial charge is 0.476 e. The number of carbonyl (C=O) groups is 2. The fraction of sp³-hybridized carbons (Fsp3) is 0.0909. The average Bonchev–Trinajstić information content (AvgIpc) is 3.24. The Morgan fingerprint density at radius 1 is 1.14 bits per heavy atom. The number of carboxylic acids is 1. The molecule has 180 valence electrons. The van der Waals surface area contributed by atoms with Crippen LogP contribution in [-0.4, -0.2) is 31.6 Å². The van der Waals surface area contributed by atoms with Gasteiger partial charge < -0.3 is 20.4 Å². The van der Waals surface area contributed by atoms with E-state index in [4.69, 9.17) is 10.8 Å². The van der Waals surface area contributed by atoms with Gasteiger partial charge in [-0.25, -0.2) is 19.0 Å². The van der Waals surface area contributed by atoms with Crippen LogP contribution in [0.5, 0.6) is 0 Å². The third-order valence-electron chi connectivity index (χ3n) is 5.09. The number of aromatic carboxylic acids is 1. The van der Waals surface area contributed by atoms with Crippen LogP contribution in [0.4, 0.5) is 28.0 Å². The molecular weight excluding hydrogens is 474 g/mol. The molecule has 2 amide bonds. The Balaban J connectivity index is 1.78. The summed E-state index contributed by atoms with van der Waals surface area (Å²) in [7, 11) is 0. The Labute approximate surface area is 193 Å². The molecule has 0 bridgehead atoms. The van der Waals surface area contributed by atoms with Crippen molar-refractivity contribution in [2.45, 2.75) is 12.7 Å². The quantitative estimate of drug-likeness (QED) is 0.368. The van der Waals surface area contributed by atoms with Crippen molar-refractivity contribution in [2.24, 2.45) is 5.73 Å². The number of nitrogens with one attached hydrogen (secondary N) is 1. The van der Waals surface area contributed by atoms with Crippen LogP contribution in [0.3, 0.4) is 0 Å². The molecular formula is C22H15F4N5O4. The molecule has 35 heavy (non-hydrogen) atoms.